The number of ether oxygens (including phenoxy) is 3. The average Bonchev–Trinajstić information content (AvgIpc) is 3.26. The highest BCUT2D eigenvalue weighted by molar-refractivity contribution is 5.70. The van der Waals surface area contributed by atoms with Crippen molar-refractivity contribution in [3.63, 3.8) is 0 Å². The van der Waals surface area contributed by atoms with Crippen LogP contribution in [0.5, 0.6) is 0 Å². The number of carbonyl (C=O) groups is 3. The first-order chi connectivity index (χ1) is 31.1. The van der Waals surface area contributed by atoms with Gasteiger partial charge in [-0.15, -0.1) is 0 Å². The van der Waals surface area contributed by atoms with Crippen LogP contribution in [0.15, 0.2) is 60.8 Å². The zero-order valence-corrected chi connectivity index (χ0v) is 42.2. The Morgan fingerprint density at radius 2 is 0.922 bits per heavy atom. The van der Waals surface area contributed by atoms with Gasteiger partial charge in [0, 0.05) is 19.3 Å². The molecule has 0 N–H and O–H groups in total. The van der Waals surface area contributed by atoms with Gasteiger partial charge >= 0.3 is 11.9 Å². The summed E-state index contributed by atoms with van der Waals surface area (Å²) >= 11 is 0. The van der Waals surface area contributed by atoms with Gasteiger partial charge in [-0.05, 0) is 70.6 Å². The molecule has 0 saturated carbocycles. The molecule has 0 radical (unpaired) electrons. The molecule has 0 aromatic rings. The van der Waals surface area contributed by atoms with Crippen LogP contribution >= 0.6 is 0 Å². The van der Waals surface area contributed by atoms with Gasteiger partial charge < -0.3 is 28.6 Å². The van der Waals surface area contributed by atoms with E-state index in [9.17, 15) is 19.5 Å². The third kappa shape index (κ3) is 44.2. The minimum atomic E-state index is -1.13. The van der Waals surface area contributed by atoms with E-state index < -0.39 is 18.1 Å². The molecule has 8 heteroatoms. The van der Waals surface area contributed by atoms with Crippen LogP contribution in [-0.2, 0) is 28.6 Å². The molecule has 2 atom stereocenters. The van der Waals surface area contributed by atoms with Crippen LogP contribution in [0, 0.1) is 0 Å². The number of likely N-dealkylation sites (N-methyl/N-ethyl adjacent to an activating group) is 1. The minimum absolute atomic E-state index is 0.0380. The third-order valence-electron chi connectivity index (χ3n) is 11.7. The lowest BCUT2D eigenvalue weighted by Crippen LogP contribution is -2.55. The standard InChI is InChI=1S/C56H99NO7/c1-6-8-10-12-14-16-18-20-22-24-26-27-29-31-33-35-37-39-41-43-45-47-55(59)64-52(50-62-49-48-53(56(60)61)57(3,4)5)51-63-54(58)46-44-42-40-38-36-34-32-30-28-25-23-21-19-17-15-13-11-9-7-2/h8,10,14-17,19-22,52-53H,6-7,9,11-13,18,23-51H2,1-5H3/b10-8+,16-14+,17-15+,21-19+,22-20+. The first-order valence-corrected chi connectivity index (χ1v) is 26.3. The maximum atomic E-state index is 12.8. The monoisotopic (exact) mass is 898 g/mol. The molecule has 0 aromatic carbocycles. The van der Waals surface area contributed by atoms with Crippen molar-refractivity contribution in [1.82, 2.24) is 0 Å². The summed E-state index contributed by atoms with van der Waals surface area (Å²) in [4.78, 5) is 37.1. The number of hydrogen-bond acceptors (Lipinski definition) is 7. The number of esters is 2. The normalized spacial score (nSPS) is 13.3. The molecular formula is C56H99NO7. The fourth-order valence-electron chi connectivity index (χ4n) is 7.61. The van der Waals surface area contributed by atoms with Crippen LogP contribution in [0.3, 0.4) is 0 Å². The van der Waals surface area contributed by atoms with Crippen molar-refractivity contribution in [2.75, 3.05) is 41.0 Å². The van der Waals surface area contributed by atoms with Gasteiger partial charge in [-0.3, -0.25) is 9.59 Å². The molecule has 8 nitrogen and oxygen atoms in total. The van der Waals surface area contributed by atoms with Gasteiger partial charge in [-0.1, -0.05) is 197 Å². The number of quaternary nitrogens is 1. The van der Waals surface area contributed by atoms with Crippen LogP contribution in [0.2, 0.25) is 0 Å². The van der Waals surface area contributed by atoms with Crippen molar-refractivity contribution in [2.45, 2.75) is 238 Å². The number of allylic oxidation sites excluding steroid dienone is 10. The maximum absolute atomic E-state index is 12.8. The molecule has 0 spiro atoms. The number of unbranched alkanes of at least 4 members (excludes halogenated alkanes) is 24. The number of rotatable bonds is 47. The number of carbonyl (C=O) groups excluding carboxylic acids is 3. The second-order valence-corrected chi connectivity index (χ2v) is 18.8. The van der Waals surface area contributed by atoms with E-state index >= 15 is 0 Å². The van der Waals surface area contributed by atoms with Crippen LogP contribution in [-0.4, -0.2) is 75.5 Å². The quantitative estimate of drug-likeness (QED) is 0.0197. The fourth-order valence-corrected chi connectivity index (χ4v) is 7.61. The summed E-state index contributed by atoms with van der Waals surface area (Å²) < 4.78 is 17.3. The number of carboxylic acid groups (broad SMARTS) is 1. The third-order valence-corrected chi connectivity index (χ3v) is 11.7. The SMILES string of the molecule is CC/C=C/C/C=C/C/C=C/CCCCCCCCCCCCCC(=O)OC(COCCC(C(=O)[O-])[N+](C)(C)C)COC(=O)CCCCCCCCCCCC/C=C/C=C/CCCCC. The van der Waals surface area contributed by atoms with Gasteiger partial charge in [0.05, 0.1) is 40.3 Å². The van der Waals surface area contributed by atoms with E-state index in [2.05, 4.69) is 74.6 Å². The molecular weight excluding hydrogens is 799 g/mol. The molecule has 0 amide bonds. The molecule has 0 saturated heterocycles. The zero-order valence-electron chi connectivity index (χ0n) is 42.2. The lowest BCUT2D eigenvalue weighted by molar-refractivity contribution is -0.889. The van der Waals surface area contributed by atoms with E-state index in [0.717, 1.165) is 57.8 Å². The van der Waals surface area contributed by atoms with Gasteiger partial charge in [-0.2, -0.15) is 0 Å². The van der Waals surface area contributed by atoms with E-state index in [1.807, 2.05) is 0 Å². The highest BCUT2D eigenvalue weighted by Crippen LogP contribution is 2.16. The summed E-state index contributed by atoms with van der Waals surface area (Å²) in [5.41, 5.74) is 0. The molecule has 0 rings (SSSR count). The lowest BCUT2D eigenvalue weighted by atomic mass is 10.0. The smallest absolute Gasteiger partial charge is 0.306 e. The first-order valence-electron chi connectivity index (χ1n) is 26.3. The van der Waals surface area contributed by atoms with Gasteiger partial charge in [0.25, 0.3) is 0 Å². The summed E-state index contributed by atoms with van der Waals surface area (Å²) in [5.74, 6) is -1.74. The van der Waals surface area contributed by atoms with E-state index in [-0.39, 0.29) is 42.7 Å². The predicted molar refractivity (Wildman–Crippen MR) is 268 cm³/mol. The molecule has 0 heterocycles. The Kier molecular flexibility index (Phi) is 44.4. The Hall–Kier alpha value is -2.97. The molecule has 0 fully saturated rings. The van der Waals surface area contributed by atoms with Crippen molar-refractivity contribution >= 4 is 17.9 Å². The number of hydrogen-bond donors (Lipinski definition) is 0. The summed E-state index contributed by atoms with van der Waals surface area (Å²) in [7, 11) is 5.42. The molecule has 0 aliphatic heterocycles. The molecule has 0 aromatic heterocycles. The highest BCUT2D eigenvalue weighted by Gasteiger charge is 2.25. The van der Waals surface area contributed by atoms with Gasteiger partial charge in [0.2, 0.25) is 0 Å². The first kappa shape index (κ1) is 61.0. The van der Waals surface area contributed by atoms with Crippen LogP contribution in [0.1, 0.15) is 226 Å². The van der Waals surface area contributed by atoms with Crippen molar-refractivity contribution in [3.05, 3.63) is 60.8 Å². The minimum Gasteiger partial charge on any atom is -0.544 e. The number of nitrogens with zero attached hydrogens (tertiary/aromatic N) is 1. The maximum Gasteiger partial charge on any atom is 0.306 e. The topological polar surface area (TPSA) is 102 Å². The molecule has 0 aliphatic carbocycles. The largest absolute Gasteiger partial charge is 0.544 e. The molecule has 370 valence electrons. The van der Waals surface area contributed by atoms with Crippen molar-refractivity contribution in [1.29, 1.82) is 0 Å². The Labute approximate surface area is 394 Å². The Balaban J connectivity index is 4.23. The summed E-state index contributed by atoms with van der Waals surface area (Å²) in [6.07, 6.45) is 58.2. The zero-order chi connectivity index (χ0) is 47.0. The Morgan fingerprint density at radius 1 is 0.500 bits per heavy atom. The van der Waals surface area contributed by atoms with Crippen molar-refractivity contribution in [2.24, 2.45) is 0 Å². The Morgan fingerprint density at radius 3 is 1.39 bits per heavy atom. The summed E-state index contributed by atoms with van der Waals surface area (Å²) in [6.45, 7) is 4.54. The van der Waals surface area contributed by atoms with Crippen molar-refractivity contribution in [3.8, 4) is 0 Å². The summed E-state index contributed by atoms with van der Waals surface area (Å²) in [6, 6.07) is -0.729. The second-order valence-electron chi connectivity index (χ2n) is 18.8. The molecule has 0 aliphatic rings. The van der Waals surface area contributed by atoms with Gasteiger partial charge in [-0.25, -0.2) is 0 Å². The second kappa shape index (κ2) is 46.6. The van der Waals surface area contributed by atoms with E-state index in [4.69, 9.17) is 14.2 Å². The summed E-state index contributed by atoms with van der Waals surface area (Å²) in [5, 5.41) is 11.7. The molecule has 2 unspecified atom stereocenters. The Bertz CT molecular complexity index is 1230. The number of aliphatic carboxylic acids is 1. The van der Waals surface area contributed by atoms with Crippen LogP contribution in [0.4, 0.5) is 0 Å². The van der Waals surface area contributed by atoms with E-state index in [1.165, 1.54) is 135 Å². The average molecular weight is 898 g/mol. The van der Waals surface area contributed by atoms with Crippen molar-refractivity contribution < 1.29 is 38.2 Å². The molecule has 64 heavy (non-hydrogen) atoms. The van der Waals surface area contributed by atoms with E-state index in [1.54, 1.807) is 21.1 Å². The predicted octanol–water partition coefficient (Wildman–Crippen LogP) is 14.0. The fraction of sp³-hybridized carbons (Fsp3) is 0.768. The van der Waals surface area contributed by atoms with Gasteiger partial charge in [0.1, 0.15) is 12.6 Å². The lowest BCUT2D eigenvalue weighted by Gasteiger charge is -2.34. The van der Waals surface area contributed by atoms with Crippen LogP contribution < -0.4 is 5.11 Å². The number of carboxylic acids is 1. The molecule has 0 bridgehead atoms. The van der Waals surface area contributed by atoms with Crippen LogP contribution in [0.25, 0.3) is 0 Å². The van der Waals surface area contributed by atoms with E-state index in [0.29, 0.717) is 12.8 Å². The van der Waals surface area contributed by atoms with Gasteiger partial charge in [0.15, 0.2) is 6.10 Å². The highest BCUT2D eigenvalue weighted by atomic mass is 16.6.